The quantitative estimate of drug-likeness (QED) is 0.445. The zero-order valence-electron chi connectivity index (χ0n) is 9.52. The second-order valence-corrected chi connectivity index (χ2v) is 3.61. The Bertz CT molecular complexity index is 412. The van der Waals surface area contributed by atoms with E-state index in [-0.39, 0.29) is 11.7 Å². The fraction of sp³-hybridized carbons (Fsp3) is 0.333. The number of ether oxygens (including phenoxy) is 1. The van der Waals surface area contributed by atoms with Gasteiger partial charge >= 0.3 is 5.97 Å². The number of aldehydes is 1. The zero-order chi connectivity index (χ0) is 12.1. The molecule has 0 spiro atoms. The van der Waals surface area contributed by atoms with Crippen molar-refractivity contribution < 1.29 is 18.7 Å². The van der Waals surface area contributed by atoms with Gasteiger partial charge in [-0.3, -0.25) is 4.79 Å². The van der Waals surface area contributed by atoms with Gasteiger partial charge < -0.3 is 9.15 Å². The van der Waals surface area contributed by atoms with E-state index < -0.39 is 5.97 Å². The molecule has 4 heteroatoms. The molecular formula is C12H14O4. The Morgan fingerprint density at radius 1 is 1.44 bits per heavy atom. The molecule has 0 bridgehead atoms. The summed E-state index contributed by atoms with van der Waals surface area (Å²) >= 11 is 0. The SMILES string of the molecule is COC(=O)c1ccc(C=C(C=O)C(C)C)o1. The molecule has 1 heterocycles. The lowest BCUT2D eigenvalue weighted by atomic mass is 10.0. The molecule has 0 aliphatic rings. The van der Waals surface area contributed by atoms with Gasteiger partial charge in [0.25, 0.3) is 0 Å². The van der Waals surface area contributed by atoms with Crippen molar-refractivity contribution in [3.05, 3.63) is 29.2 Å². The topological polar surface area (TPSA) is 56.5 Å². The minimum absolute atomic E-state index is 0.115. The Hall–Kier alpha value is -1.84. The lowest BCUT2D eigenvalue weighted by Crippen LogP contribution is -1.98. The van der Waals surface area contributed by atoms with Crippen LogP contribution in [-0.2, 0) is 9.53 Å². The van der Waals surface area contributed by atoms with E-state index in [9.17, 15) is 9.59 Å². The Morgan fingerprint density at radius 2 is 2.12 bits per heavy atom. The molecule has 0 N–H and O–H groups in total. The van der Waals surface area contributed by atoms with Crippen molar-refractivity contribution >= 4 is 18.3 Å². The second-order valence-electron chi connectivity index (χ2n) is 3.61. The van der Waals surface area contributed by atoms with Gasteiger partial charge in [-0.15, -0.1) is 0 Å². The van der Waals surface area contributed by atoms with E-state index in [2.05, 4.69) is 4.74 Å². The maximum absolute atomic E-state index is 11.1. The molecular weight excluding hydrogens is 208 g/mol. The van der Waals surface area contributed by atoms with Gasteiger partial charge in [-0.1, -0.05) is 13.8 Å². The van der Waals surface area contributed by atoms with Crippen LogP contribution < -0.4 is 0 Å². The van der Waals surface area contributed by atoms with Gasteiger partial charge in [-0.2, -0.15) is 0 Å². The van der Waals surface area contributed by atoms with Gasteiger partial charge in [0.1, 0.15) is 12.0 Å². The Kier molecular flexibility index (Phi) is 4.05. The van der Waals surface area contributed by atoms with Gasteiger partial charge in [0.15, 0.2) is 0 Å². The average molecular weight is 222 g/mol. The highest BCUT2D eigenvalue weighted by Gasteiger charge is 2.10. The van der Waals surface area contributed by atoms with Crippen molar-refractivity contribution in [1.29, 1.82) is 0 Å². The van der Waals surface area contributed by atoms with Crippen molar-refractivity contribution in [3.63, 3.8) is 0 Å². The predicted molar refractivity (Wildman–Crippen MR) is 58.9 cm³/mol. The molecule has 0 aliphatic carbocycles. The van der Waals surface area contributed by atoms with Gasteiger partial charge in [-0.25, -0.2) is 4.79 Å². The lowest BCUT2D eigenvalue weighted by Gasteiger charge is -2.01. The van der Waals surface area contributed by atoms with Crippen molar-refractivity contribution in [2.45, 2.75) is 13.8 Å². The maximum atomic E-state index is 11.1. The summed E-state index contributed by atoms with van der Waals surface area (Å²) < 4.78 is 9.71. The second kappa shape index (κ2) is 5.30. The molecule has 0 unspecified atom stereocenters. The third-order valence-electron chi connectivity index (χ3n) is 2.13. The number of furan rings is 1. The van der Waals surface area contributed by atoms with Gasteiger partial charge in [0, 0.05) is 0 Å². The van der Waals surface area contributed by atoms with Crippen LogP contribution in [0, 0.1) is 5.92 Å². The molecule has 0 aromatic carbocycles. The minimum Gasteiger partial charge on any atom is -0.463 e. The van der Waals surface area contributed by atoms with Gasteiger partial charge in [-0.05, 0) is 29.7 Å². The minimum atomic E-state index is -0.531. The number of carbonyl (C=O) groups excluding carboxylic acids is 2. The lowest BCUT2D eigenvalue weighted by molar-refractivity contribution is -0.105. The first-order valence-electron chi connectivity index (χ1n) is 4.93. The first-order chi connectivity index (χ1) is 7.58. The van der Waals surface area contributed by atoms with Crippen LogP contribution in [0.3, 0.4) is 0 Å². The van der Waals surface area contributed by atoms with Crippen molar-refractivity contribution in [2.24, 2.45) is 5.92 Å². The fourth-order valence-electron chi connectivity index (χ4n) is 1.14. The number of carbonyl (C=O) groups is 2. The first kappa shape index (κ1) is 12.2. The number of esters is 1. The van der Waals surface area contributed by atoms with Gasteiger partial charge in [0.05, 0.1) is 7.11 Å². The van der Waals surface area contributed by atoms with Crippen LogP contribution in [0.1, 0.15) is 30.2 Å². The van der Waals surface area contributed by atoms with E-state index >= 15 is 0 Å². The Labute approximate surface area is 93.9 Å². The summed E-state index contributed by atoms with van der Waals surface area (Å²) in [5.41, 5.74) is 0.616. The smallest absolute Gasteiger partial charge is 0.373 e. The maximum Gasteiger partial charge on any atom is 0.373 e. The standard InChI is InChI=1S/C12H14O4/c1-8(2)9(7-13)6-10-4-5-11(16-10)12(14)15-3/h4-8H,1-3H3. The number of allylic oxidation sites excluding steroid dienone is 1. The number of hydrogen-bond acceptors (Lipinski definition) is 4. The van der Waals surface area contributed by atoms with Crippen LogP contribution in [0.25, 0.3) is 6.08 Å². The molecule has 4 nitrogen and oxygen atoms in total. The van der Waals surface area contributed by atoms with Crippen LogP contribution in [0.4, 0.5) is 0 Å². The number of rotatable bonds is 4. The summed E-state index contributed by atoms with van der Waals surface area (Å²) in [7, 11) is 1.28. The monoisotopic (exact) mass is 222 g/mol. The fourth-order valence-corrected chi connectivity index (χ4v) is 1.14. The molecule has 0 aliphatic heterocycles. The van der Waals surface area contributed by atoms with Crippen molar-refractivity contribution in [1.82, 2.24) is 0 Å². The molecule has 0 fully saturated rings. The van der Waals surface area contributed by atoms with E-state index in [1.54, 1.807) is 12.1 Å². The normalized spacial score (nSPS) is 11.6. The molecule has 0 saturated carbocycles. The summed E-state index contributed by atoms with van der Waals surface area (Å²) in [6.45, 7) is 3.81. The summed E-state index contributed by atoms with van der Waals surface area (Å²) in [5, 5.41) is 0. The molecule has 16 heavy (non-hydrogen) atoms. The summed E-state index contributed by atoms with van der Waals surface area (Å²) in [6, 6.07) is 3.14. The van der Waals surface area contributed by atoms with Crippen molar-refractivity contribution in [3.8, 4) is 0 Å². The number of hydrogen-bond donors (Lipinski definition) is 0. The zero-order valence-corrected chi connectivity index (χ0v) is 9.52. The molecule has 1 aromatic rings. The third kappa shape index (κ3) is 2.82. The largest absolute Gasteiger partial charge is 0.463 e. The van der Waals surface area contributed by atoms with Crippen LogP contribution >= 0.6 is 0 Å². The molecule has 0 radical (unpaired) electrons. The van der Waals surface area contributed by atoms with Crippen molar-refractivity contribution in [2.75, 3.05) is 7.11 Å². The van der Waals surface area contributed by atoms with E-state index in [0.29, 0.717) is 11.3 Å². The Morgan fingerprint density at radius 3 is 2.62 bits per heavy atom. The number of methoxy groups -OCH3 is 1. The van der Waals surface area contributed by atoms with Crippen LogP contribution in [-0.4, -0.2) is 19.4 Å². The predicted octanol–water partition coefficient (Wildman–Crippen LogP) is 2.30. The highest BCUT2D eigenvalue weighted by Crippen LogP contribution is 2.15. The summed E-state index contributed by atoms with van der Waals surface area (Å²) in [6.07, 6.45) is 2.40. The Balaban J connectivity index is 2.94. The van der Waals surface area contributed by atoms with E-state index in [1.807, 2.05) is 13.8 Å². The third-order valence-corrected chi connectivity index (χ3v) is 2.13. The average Bonchev–Trinajstić information content (AvgIpc) is 2.72. The van der Waals surface area contributed by atoms with E-state index in [4.69, 9.17) is 4.42 Å². The highest BCUT2D eigenvalue weighted by atomic mass is 16.5. The molecule has 0 amide bonds. The molecule has 1 aromatic heterocycles. The molecule has 0 saturated heterocycles. The van der Waals surface area contributed by atoms with Gasteiger partial charge in [0.2, 0.25) is 5.76 Å². The molecule has 1 rings (SSSR count). The van der Waals surface area contributed by atoms with Crippen LogP contribution in [0.5, 0.6) is 0 Å². The molecule has 86 valence electrons. The van der Waals surface area contributed by atoms with Crippen LogP contribution in [0.15, 0.2) is 22.1 Å². The van der Waals surface area contributed by atoms with E-state index in [1.165, 1.54) is 13.2 Å². The highest BCUT2D eigenvalue weighted by molar-refractivity contribution is 5.87. The first-order valence-corrected chi connectivity index (χ1v) is 4.93. The van der Waals surface area contributed by atoms with E-state index in [0.717, 1.165) is 6.29 Å². The summed E-state index contributed by atoms with van der Waals surface area (Å²) in [5.74, 6) is 0.181. The summed E-state index contributed by atoms with van der Waals surface area (Å²) in [4.78, 5) is 21.9. The molecule has 0 atom stereocenters. The van der Waals surface area contributed by atoms with Crippen LogP contribution in [0.2, 0.25) is 0 Å².